The summed E-state index contributed by atoms with van der Waals surface area (Å²) in [5.74, 6) is 3.00. The molecule has 0 saturated carbocycles. The molecule has 1 atom stereocenters. The lowest BCUT2D eigenvalue weighted by atomic mass is 10.2. The van der Waals surface area contributed by atoms with Crippen LogP contribution in [0.3, 0.4) is 0 Å². The molecule has 2 N–H and O–H groups in total. The van der Waals surface area contributed by atoms with Crippen LogP contribution in [-0.4, -0.2) is 35.8 Å². The Hall–Kier alpha value is -1.36. The van der Waals surface area contributed by atoms with Crippen molar-refractivity contribution in [1.82, 2.24) is 9.97 Å². The molecule has 19 heavy (non-hydrogen) atoms. The lowest BCUT2D eigenvalue weighted by Gasteiger charge is -2.15. The average Bonchev–Trinajstić information content (AvgIpc) is 2.89. The van der Waals surface area contributed by atoms with Crippen LogP contribution < -0.4 is 10.6 Å². The number of rotatable bonds is 6. The van der Waals surface area contributed by atoms with Crippen molar-refractivity contribution in [2.75, 3.05) is 30.4 Å². The third-order valence-corrected chi connectivity index (χ3v) is 3.10. The molecular weight excluding hydrogens is 240 g/mol. The van der Waals surface area contributed by atoms with E-state index in [1.54, 1.807) is 0 Å². The van der Waals surface area contributed by atoms with E-state index in [9.17, 15) is 0 Å². The second-order valence-corrected chi connectivity index (χ2v) is 5.28. The fraction of sp³-hybridized carbons (Fsp3) is 0.714. The van der Waals surface area contributed by atoms with E-state index in [1.807, 2.05) is 6.07 Å². The van der Waals surface area contributed by atoms with Crippen molar-refractivity contribution in [3.8, 4) is 0 Å². The van der Waals surface area contributed by atoms with Crippen LogP contribution in [0.1, 0.15) is 45.4 Å². The third-order valence-electron chi connectivity index (χ3n) is 3.10. The van der Waals surface area contributed by atoms with Crippen molar-refractivity contribution >= 4 is 11.6 Å². The molecule has 1 aliphatic rings. The zero-order chi connectivity index (χ0) is 13.7. The van der Waals surface area contributed by atoms with Gasteiger partial charge in [0.05, 0.1) is 12.6 Å². The SMILES string of the molecule is CCCNc1cc(NC2CCOC2)nc(C(C)C)n1. The highest BCUT2D eigenvalue weighted by Gasteiger charge is 2.17. The van der Waals surface area contributed by atoms with Gasteiger partial charge in [0.25, 0.3) is 0 Å². The summed E-state index contributed by atoms with van der Waals surface area (Å²) in [6.45, 7) is 8.90. The smallest absolute Gasteiger partial charge is 0.135 e. The molecule has 1 aliphatic heterocycles. The molecule has 2 rings (SSSR count). The Morgan fingerprint density at radius 2 is 2.16 bits per heavy atom. The fourth-order valence-electron chi connectivity index (χ4n) is 2.00. The molecule has 0 aromatic carbocycles. The minimum Gasteiger partial charge on any atom is -0.379 e. The van der Waals surface area contributed by atoms with Crippen LogP contribution in [0.2, 0.25) is 0 Å². The minimum atomic E-state index is 0.323. The van der Waals surface area contributed by atoms with Gasteiger partial charge in [-0.3, -0.25) is 0 Å². The second kappa shape index (κ2) is 6.70. The largest absolute Gasteiger partial charge is 0.379 e. The van der Waals surface area contributed by atoms with Crippen LogP contribution in [0.15, 0.2) is 6.07 Å². The summed E-state index contributed by atoms with van der Waals surface area (Å²) in [7, 11) is 0. The number of ether oxygens (including phenoxy) is 1. The predicted molar refractivity (Wildman–Crippen MR) is 77.7 cm³/mol. The molecule has 5 nitrogen and oxygen atoms in total. The Morgan fingerprint density at radius 1 is 1.37 bits per heavy atom. The van der Waals surface area contributed by atoms with E-state index in [-0.39, 0.29) is 0 Å². The lowest BCUT2D eigenvalue weighted by Crippen LogP contribution is -2.20. The molecule has 0 amide bonds. The Kier molecular flexibility index (Phi) is 4.96. The number of nitrogens with one attached hydrogen (secondary N) is 2. The molecule has 2 heterocycles. The van der Waals surface area contributed by atoms with Gasteiger partial charge in [0.1, 0.15) is 17.5 Å². The second-order valence-electron chi connectivity index (χ2n) is 5.28. The number of hydrogen-bond donors (Lipinski definition) is 2. The number of anilines is 2. The molecule has 0 spiro atoms. The Balaban J connectivity index is 2.12. The summed E-state index contributed by atoms with van der Waals surface area (Å²) in [4.78, 5) is 9.14. The monoisotopic (exact) mass is 264 g/mol. The maximum Gasteiger partial charge on any atom is 0.135 e. The maximum atomic E-state index is 5.38. The fourth-order valence-corrected chi connectivity index (χ4v) is 2.00. The summed E-state index contributed by atoms with van der Waals surface area (Å²) < 4.78 is 5.38. The van der Waals surface area contributed by atoms with Gasteiger partial charge < -0.3 is 15.4 Å². The van der Waals surface area contributed by atoms with E-state index in [2.05, 4.69) is 41.4 Å². The average molecular weight is 264 g/mol. The van der Waals surface area contributed by atoms with Gasteiger partial charge >= 0.3 is 0 Å². The summed E-state index contributed by atoms with van der Waals surface area (Å²) in [6.07, 6.45) is 2.12. The van der Waals surface area contributed by atoms with Crippen LogP contribution in [0, 0.1) is 0 Å². The molecule has 0 bridgehead atoms. The summed E-state index contributed by atoms with van der Waals surface area (Å²) in [6, 6.07) is 2.36. The lowest BCUT2D eigenvalue weighted by molar-refractivity contribution is 0.195. The molecule has 1 fully saturated rings. The van der Waals surface area contributed by atoms with E-state index < -0.39 is 0 Å². The molecular formula is C14H24N4O. The zero-order valence-corrected chi connectivity index (χ0v) is 12.1. The van der Waals surface area contributed by atoms with Gasteiger partial charge in [0.15, 0.2) is 0 Å². The first-order valence-electron chi connectivity index (χ1n) is 7.16. The zero-order valence-electron chi connectivity index (χ0n) is 12.1. The van der Waals surface area contributed by atoms with Gasteiger partial charge in [0, 0.05) is 25.1 Å². The van der Waals surface area contributed by atoms with Crippen molar-refractivity contribution in [1.29, 1.82) is 0 Å². The molecule has 1 aromatic heterocycles. The molecule has 1 saturated heterocycles. The van der Waals surface area contributed by atoms with E-state index >= 15 is 0 Å². The van der Waals surface area contributed by atoms with Crippen LogP contribution in [0.4, 0.5) is 11.6 Å². The maximum absolute atomic E-state index is 5.38. The Morgan fingerprint density at radius 3 is 2.79 bits per heavy atom. The number of aromatic nitrogens is 2. The van der Waals surface area contributed by atoms with Crippen molar-refractivity contribution in [2.24, 2.45) is 0 Å². The van der Waals surface area contributed by atoms with Crippen molar-refractivity contribution < 1.29 is 4.74 Å². The summed E-state index contributed by atoms with van der Waals surface area (Å²) >= 11 is 0. The molecule has 5 heteroatoms. The molecule has 106 valence electrons. The van der Waals surface area contributed by atoms with Gasteiger partial charge in [-0.15, -0.1) is 0 Å². The first kappa shape index (κ1) is 14.1. The van der Waals surface area contributed by atoms with E-state index in [4.69, 9.17) is 4.74 Å². The standard InChI is InChI=1S/C14H24N4O/c1-4-6-15-12-8-13(16-11-5-7-19-9-11)18-14(17-12)10(2)3/h8,10-11H,4-7,9H2,1-3H3,(H2,15,16,17,18). The van der Waals surface area contributed by atoms with Gasteiger partial charge in [0.2, 0.25) is 0 Å². The predicted octanol–water partition coefficient (Wildman–Crippen LogP) is 2.62. The van der Waals surface area contributed by atoms with Gasteiger partial charge in [-0.1, -0.05) is 20.8 Å². The first-order valence-corrected chi connectivity index (χ1v) is 7.16. The normalized spacial score (nSPS) is 18.8. The molecule has 0 aliphatic carbocycles. The van der Waals surface area contributed by atoms with Crippen molar-refractivity contribution in [2.45, 2.75) is 45.6 Å². The molecule has 1 unspecified atom stereocenters. The van der Waals surface area contributed by atoms with Crippen LogP contribution in [0.25, 0.3) is 0 Å². The van der Waals surface area contributed by atoms with E-state index in [1.165, 1.54) is 0 Å². The summed E-state index contributed by atoms with van der Waals surface area (Å²) in [5.41, 5.74) is 0. The minimum absolute atomic E-state index is 0.323. The first-order chi connectivity index (χ1) is 9.19. The Bertz CT molecular complexity index is 402. The van der Waals surface area contributed by atoms with Crippen LogP contribution in [-0.2, 0) is 4.74 Å². The molecule has 0 radical (unpaired) electrons. The highest BCUT2D eigenvalue weighted by Crippen LogP contribution is 2.19. The third kappa shape index (κ3) is 4.06. The quantitative estimate of drug-likeness (QED) is 0.827. The Labute approximate surface area is 115 Å². The van der Waals surface area contributed by atoms with E-state index in [0.717, 1.165) is 50.1 Å². The van der Waals surface area contributed by atoms with Gasteiger partial charge in [-0.25, -0.2) is 9.97 Å². The molecule has 1 aromatic rings. The number of hydrogen-bond acceptors (Lipinski definition) is 5. The van der Waals surface area contributed by atoms with Crippen molar-refractivity contribution in [3.63, 3.8) is 0 Å². The number of nitrogens with zero attached hydrogens (tertiary/aromatic N) is 2. The highest BCUT2D eigenvalue weighted by molar-refractivity contribution is 5.48. The highest BCUT2D eigenvalue weighted by atomic mass is 16.5. The van der Waals surface area contributed by atoms with Gasteiger partial charge in [-0.05, 0) is 12.8 Å². The summed E-state index contributed by atoms with van der Waals surface area (Å²) in [5, 5.41) is 6.77. The van der Waals surface area contributed by atoms with Crippen LogP contribution >= 0.6 is 0 Å². The van der Waals surface area contributed by atoms with E-state index in [0.29, 0.717) is 12.0 Å². The van der Waals surface area contributed by atoms with Crippen LogP contribution in [0.5, 0.6) is 0 Å². The topological polar surface area (TPSA) is 59.1 Å². The van der Waals surface area contributed by atoms with Crippen molar-refractivity contribution in [3.05, 3.63) is 11.9 Å². The van der Waals surface area contributed by atoms with Gasteiger partial charge in [-0.2, -0.15) is 0 Å².